The molecule has 2 unspecified atom stereocenters. The molecule has 1 N–H and O–H groups in total. The van der Waals surface area contributed by atoms with Crippen LogP contribution in [-0.2, 0) is 25.6 Å². The molecule has 2 atom stereocenters. The van der Waals surface area contributed by atoms with Gasteiger partial charge in [0, 0.05) is 29.1 Å². The predicted octanol–water partition coefficient (Wildman–Crippen LogP) is 3.69. The summed E-state index contributed by atoms with van der Waals surface area (Å²) in [5, 5.41) is 27.3. The number of carbonyl (C=O) groups is 2. The highest BCUT2D eigenvalue weighted by Gasteiger charge is 2.38. The van der Waals surface area contributed by atoms with Crippen molar-refractivity contribution in [2.45, 2.75) is 26.3 Å². The molecule has 10 heteroatoms. The molecule has 190 valence electrons. The van der Waals surface area contributed by atoms with Crippen LogP contribution in [0.5, 0.6) is 0 Å². The molecule has 10 nitrogen and oxygen atoms in total. The number of carbonyl (C=O) groups excluding carboxylic acids is 2. The van der Waals surface area contributed by atoms with Gasteiger partial charge in [0.1, 0.15) is 19.7 Å². The fraction of sp³-hybridized carbons (Fsp3) is 0.308. The third-order valence-electron chi connectivity index (χ3n) is 5.96. The number of methoxy groups -OCH3 is 1. The molecule has 2 aromatic rings. The van der Waals surface area contributed by atoms with E-state index in [0.717, 1.165) is 5.56 Å². The average Bonchev–Trinajstić information content (AvgIpc) is 2.83. The van der Waals surface area contributed by atoms with Crippen molar-refractivity contribution in [3.63, 3.8) is 0 Å². The molecule has 0 fully saturated rings. The molecule has 0 radical (unpaired) electrons. The SMILES string of the molecule is COC(=O)C1=C(C)NC(C)=C(C(=O)OCC[N+](C)([O-])Cc2ccccc2)C1c1cccc([N+](=O)[O-])c1. The van der Waals surface area contributed by atoms with E-state index < -0.39 is 27.4 Å². The second-order valence-electron chi connectivity index (χ2n) is 8.78. The number of hydroxylamine groups is 3. The Morgan fingerprint density at radius 1 is 1.03 bits per heavy atom. The minimum atomic E-state index is -0.955. The van der Waals surface area contributed by atoms with Crippen LogP contribution in [0.1, 0.15) is 30.9 Å². The number of rotatable bonds is 9. The number of hydrogen-bond donors (Lipinski definition) is 1. The summed E-state index contributed by atoms with van der Waals surface area (Å²) in [4.78, 5) is 36.8. The number of benzene rings is 2. The first-order chi connectivity index (χ1) is 17.0. The molecule has 0 bridgehead atoms. The smallest absolute Gasteiger partial charge is 0.336 e. The highest BCUT2D eigenvalue weighted by atomic mass is 16.6. The lowest BCUT2D eigenvalue weighted by molar-refractivity contribution is -0.874. The van der Waals surface area contributed by atoms with Crippen molar-refractivity contribution in [2.24, 2.45) is 0 Å². The number of nitro groups is 1. The highest BCUT2D eigenvalue weighted by Crippen LogP contribution is 2.40. The highest BCUT2D eigenvalue weighted by molar-refractivity contribution is 5.99. The van der Waals surface area contributed by atoms with Gasteiger partial charge in [-0.3, -0.25) is 10.1 Å². The molecule has 2 aromatic carbocycles. The third kappa shape index (κ3) is 6.15. The van der Waals surface area contributed by atoms with Crippen LogP contribution >= 0.6 is 0 Å². The van der Waals surface area contributed by atoms with Gasteiger partial charge in [-0.25, -0.2) is 9.59 Å². The molecule has 3 rings (SSSR count). The standard InChI is InChI=1S/C26H29N3O7/c1-17-22(25(30)35-4)24(20-11-8-12-21(15-20)28(32)33)23(18(2)27-17)26(31)36-14-13-29(3,34)16-19-9-6-5-7-10-19/h5-12,15,24,27H,13-14,16H2,1-4H3. The van der Waals surface area contributed by atoms with Gasteiger partial charge in [-0.15, -0.1) is 0 Å². The second-order valence-corrected chi connectivity index (χ2v) is 8.78. The summed E-state index contributed by atoms with van der Waals surface area (Å²) in [6.45, 7) is 3.39. The summed E-state index contributed by atoms with van der Waals surface area (Å²) in [6, 6.07) is 15.0. The summed E-state index contributed by atoms with van der Waals surface area (Å²) >= 11 is 0. The lowest BCUT2D eigenvalue weighted by Crippen LogP contribution is -2.40. The van der Waals surface area contributed by atoms with E-state index in [4.69, 9.17) is 9.47 Å². The molecule has 1 heterocycles. The molecule has 0 aliphatic carbocycles. The van der Waals surface area contributed by atoms with Crippen molar-refractivity contribution in [2.75, 3.05) is 27.3 Å². The molecule has 0 aromatic heterocycles. The number of ether oxygens (including phenoxy) is 2. The van der Waals surface area contributed by atoms with Crippen LogP contribution in [0.4, 0.5) is 5.69 Å². The van der Waals surface area contributed by atoms with Crippen molar-refractivity contribution >= 4 is 17.6 Å². The van der Waals surface area contributed by atoms with E-state index in [0.29, 0.717) is 17.0 Å². The van der Waals surface area contributed by atoms with Crippen molar-refractivity contribution in [1.82, 2.24) is 5.32 Å². The monoisotopic (exact) mass is 495 g/mol. The number of quaternary nitrogens is 1. The number of non-ortho nitro benzene ring substituents is 1. The Hall–Kier alpha value is -4.02. The van der Waals surface area contributed by atoms with E-state index in [9.17, 15) is 24.9 Å². The van der Waals surface area contributed by atoms with Crippen LogP contribution < -0.4 is 5.32 Å². The Balaban J connectivity index is 1.86. The number of hydrogen-bond acceptors (Lipinski definition) is 8. The van der Waals surface area contributed by atoms with Gasteiger partial charge in [-0.05, 0) is 19.4 Å². The Morgan fingerprint density at radius 3 is 2.28 bits per heavy atom. The van der Waals surface area contributed by atoms with Gasteiger partial charge in [-0.1, -0.05) is 42.5 Å². The zero-order valence-corrected chi connectivity index (χ0v) is 20.6. The fourth-order valence-corrected chi connectivity index (χ4v) is 4.25. The molecule has 1 aliphatic heterocycles. The van der Waals surface area contributed by atoms with Gasteiger partial charge in [0.25, 0.3) is 5.69 Å². The largest absolute Gasteiger partial charge is 0.633 e. The molecule has 0 saturated carbocycles. The number of likely N-dealkylation sites (N-methyl/N-ethyl adjacent to an activating group) is 1. The minimum Gasteiger partial charge on any atom is -0.633 e. The number of allylic oxidation sites excluding steroid dienone is 2. The van der Waals surface area contributed by atoms with E-state index in [-0.39, 0.29) is 36.5 Å². The van der Waals surface area contributed by atoms with Gasteiger partial charge in [-0.2, -0.15) is 0 Å². The van der Waals surface area contributed by atoms with E-state index in [1.807, 2.05) is 30.3 Å². The maximum Gasteiger partial charge on any atom is 0.336 e. The van der Waals surface area contributed by atoms with Crippen molar-refractivity contribution in [3.8, 4) is 0 Å². The third-order valence-corrected chi connectivity index (χ3v) is 5.96. The first-order valence-electron chi connectivity index (χ1n) is 11.3. The normalized spacial score (nSPS) is 17.2. The van der Waals surface area contributed by atoms with Crippen LogP contribution in [-0.4, -0.2) is 48.8 Å². The van der Waals surface area contributed by atoms with Crippen LogP contribution in [0.25, 0.3) is 0 Å². The molecule has 1 aliphatic rings. The van der Waals surface area contributed by atoms with Gasteiger partial charge in [0.15, 0.2) is 0 Å². The van der Waals surface area contributed by atoms with E-state index in [1.54, 1.807) is 19.9 Å². The Morgan fingerprint density at radius 2 is 1.67 bits per heavy atom. The molecular weight excluding hydrogens is 466 g/mol. The first kappa shape index (κ1) is 26.6. The number of nitro benzene ring substituents is 1. The van der Waals surface area contributed by atoms with Crippen LogP contribution in [0.3, 0.4) is 0 Å². The summed E-state index contributed by atoms with van der Waals surface area (Å²) in [7, 11) is 2.72. The number of nitrogens with zero attached hydrogens (tertiary/aromatic N) is 2. The Kier molecular flexibility index (Phi) is 8.23. The van der Waals surface area contributed by atoms with E-state index >= 15 is 0 Å². The molecule has 0 amide bonds. The maximum atomic E-state index is 13.3. The van der Waals surface area contributed by atoms with Gasteiger partial charge in [0.05, 0.1) is 36.1 Å². The number of esters is 2. The first-order valence-corrected chi connectivity index (χ1v) is 11.3. The molecular formula is C26H29N3O7. The van der Waals surface area contributed by atoms with Crippen LogP contribution in [0.2, 0.25) is 0 Å². The minimum absolute atomic E-state index is 0.0145. The van der Waals surface area contributed by atoms with Crippen LogP contribution in [0.15, 0.2) is 77.1 Å². The van der Waals surface area contributed by atoms with E-state index in [2.05, 4.69) is 5.32 Å². The Bertz CT molecular complexity index is 1220. The summed E-state index contributed by atoms with van der Waals surface area (Å²) in [6.07, 6.45) is 0. The maximum absolute atomic E-state index is 13.3. The lowest BCUT2D eigenvalue weighted by Gasteiger charge is -2.38. The van der Waals surface area contributed by atoms with Crippen molar-refractivity contribution < 1.29 is 28.6 Å². The average molecular weight is 496 g/mol. The lowest BCUT2D eigenvalue weighted by atomic mass is 9.80. The summed E-state index contributed by atoms with van der Waals surface area (Å²) in [5.74, 6) is -2.37. The molecule has 0 spiro atoms. The van der Waals surface area contributed by atoms with Crippen LogP contribution in [0, 0.1) is 15.3 Å². The molecule has 0 saturated heterocycles. The predicted molar refractivity (Wildman–Crippen MR) is 132 cm³/mol. The van der Waals surface area contributed by atoms with E-state index in [1.165, 1.54) is 32.4 Å². The van der Waals surface area contributed by atoms with Gasteiger partial charge in [0.2, 0.25) is 0 Å². The zero-order chi connectivity index (χ0) is 26.5. The van der Waals surface area contributed by atoms with Gasteiger partial charge >= 0.3 is 11.9 Å². The van der Waals surface area contributed by atoms with Gasteiger partial charge < -0.3 is 24.6 Å². The Labute approximate surface area is 209 Å². The zero-order valence-electron chi connectivity index (χ0n) is 20.6. The summed E-state index contributed by atoms with van der Waals surface area (Å²) < 4.78 is 9.79. The van der Waals surface area contributed by atoms with Crippen molar-refractivity contribution in [3.05, 3.63) is 104 Å². The van der Waals surface area contributed by atoms with Crippen molar-refractivity contribution in [1.29, 1.82) is 0 Å². The quantitative estimate of drug-likeness (QED) is 0.241. The number of nitrogens with one attached hydrogen (secondary N) is 1. The molecule has 36 heavy (non-hydrogen) atoms. The topological polar surface area (TPSA) is 131 Å². The number of dihydropyridines is 1. The summed E-state index contributed by atoms with van der Waals surface area (Å²) in [5.41, 5.74) is 2.20. The fourth-order valence-electron chi connectivity index (χ4n) is 4.25. The second kappa shape index (κ2) is 11.1.